The van der Waals surface area contributed by atoms with E-state index in [1.54, 1.807) is 41.4 Å². The lowest BCUT2D eigenvalue weighted by Crippen LogP contribution is -2.31. The molecule has 2 aromatic heterocycles. The van der Waals surface area contributed by atoms with Gasteiger partial charge in [-0.05, 0) is 29.8 Å². The van der Waals surface area contributed by atoms with Crippen LogP contribution >= 0.6 is 0 Å². The number of fused-ring (bicyclic) bond motifs is 1. The molecule has 0 amide bonds. The molecule has 0 aliphatic heterocycles. The van der Waals surface area contributed by atoms with Crippen LogP contribution in [0.15, 0.2) is 78.1 Å². The second-order valence-corrected chi connectivity index (χ2v) is 8.21. The number of hydrogen-bond acceptors (Lipinski definition) is 5. The Morgan fingerprint density at radius 2 is 1.79 bits per heavy atom. The fraction of sp³-hybridized carbons (Fsp3) is 0.143. The molecule has 0 saturated heterocycles. The normalized spacial score (nSPS) is 12.8. The summed E-state index contributed by atoms with van der Waals surface area (Å²) in [6.45, 7) is 0. The summed E-state index contributed by atoms with van der Waals surface area (Å²) >= 11 is 0. The third kappa shape index (κ3) is 3.59. The smallest absolute Gasteiger partial charge is 0.242 e. The number of aromatic nitrogens is 3. The van der Waals surface area contributed by atoms with Crippen molar-refractivity contribution in [3.8, 4) is 5.75 Å². The maximum absolute atomic E-state index is 13.4. The molecule has 1 N–H and O–H groups in total. The highest BCUT2D eigenvalue weighted by Crippen LogP contribution is 2.31. The molecule has 2 heterocycles. The third-order valence-corrected chi connectivity index (χ3v) is 6.21. The highest BCUT2D eigenvalue weighted by atomic mass is 32.2. The van der Waals surface area contributed by atoms with Gasteiger partial charge in [0, 0.05) is 31.0 Å². The summed E-state index contributed by atoms with van der Waals surface area (Å²) in [5.74, 6) is 1.11. The molecular formula is C21H20N4O3S. The van der Waals surface area contributed by atoms with Crippen LogP contribution in [-0.2, 0) is 17.1 Å². The van der Waals surface area contributed by atoms with Crippen molar-refractivity contribution in [3.63, 3.8) is 0 Å². The Morgan fingerprint density at radius 1 is 1.00 bits per heavy atom. The molecule has 4 rings (SSSR count). The van der Waals surface area contributed by atoms with E-state index in [-0.39, 0.29) is 4.90 Å². The quantitative estimate of drug-likeness (QED) is 0.530. The molecule has 29 heavy (non-hydrogen) atoms. The Labute approximate surface area is 169 Å². The summed E-state index contributed by atoms with van der Waals surface area (Å²) in [6, 6.07) is 15.3. The van der Waals surface area contributed by atoms with Crippen molar-refractivity contribution in [2.45, 2.75) is 10.9 Å². The zero-order valence-electron chi connectivity index (χ0n) is 16.0. The minimum atomic E-state index is -3.90. The van der Waals surface area contributed by atoms with Gasteiger partial charge in [0.1, 0.15) is 23.1 Å². The lowest BCUT2D eigenvalue weighted by Gasteiger charge is -2.20. The van der Waals surface area contributed by atoms with E-state index in [0.29, 0.717) is 22.5 Å². The summed E-state index contributed by atoms with van der Waals surface area (Å²) in [7, 11) is -0.538. The number of imidazole rings is 1. The van der Waals surface area contributed by atoms with Crippen LogP contribution < -0.4 is 9.46 Å². The molecule has 0 spiro atoms. The summed E-state index contributed by atoms with van der Waals surface area (Å²) < 4.78 is 36.8. The van der Waals surface area contributed by atoms with Crippen molar-refractivity contribution in [1.82, 2.24) is 19.3 Å². The van der Waals surface area contributed by atoms with Gasteiger partial charge >= 0.3 is 0 Å². The number of sulfonamides is 1. The number of ether oxygens (including phenoxy) is 1. The van der Waals surface area contributed by atoms with Crippen molar-refractivity contribution in [2.75, 3.05) is 7.11 Å². The summed E-state index contributed by atoms with van der Waals surface area (Å²) in [5, 5.41) is 0.492. The van der Waals surface area contributed by atoms with E-state index < -0.39 is 16.1 Å². The van der Waals surface area contributed by atoms with Crippen LogP contribution in [0, 0.1) is 0 Å². The summed E-state index contributed by atoms with van der Waals surface area (Å²) in [6.07, 6.45) is 5.04. The SMILES string of the molecule is COc1ccc(S(=O)(=O)NC(c2ccccc2)c2nccn2C)c2cccnc12. The second-order valence-electron chi connectivity index (χ2n) is 6.53. The number of methoxy groups -OCH3 is 1. The van der Waals surface area contributed by atoms with Crippen molar-refractivity contribution < 1.29 is 13.2 Å². The minimum Gasteiger partial charge on any atom is -0.494 e. The zero-order valence-corrected chi connectivity index (χ0v) is 16.8. The van der Waals surface area contributed by atoms with E-state index in [0.717, 1.165) is 5.56 Å². The molecule has 2 aromatic carbocycles. The van der Waals surface area contributed by atoms with E-state index >= 15 is 0 Å². The van der Waals surface area contributed by atoms with Gasteiger partial charge in [0.2, 0.25) is 10.0 Å². The van der Waals surface area contributed by atoms with Gasteiger partial charge in [-0.15, -0.1) is 0 Å². The van der Waals surface area contributed by atoms with Gasteiger partial charge in [-0.3, -0.25) is 4.98 Å². The highest BCUT2D eigenvalue weighted by molar-refractivity contribution is 7.89. The highest BCUT2D eigenvalue weighted by Gasteiger charge is 2.27. The predicted octanol–water partition coefficient (Wildman–Crippen LogP) is 3.04. The lowest BCUT2D eigenvalue weighted by atomic mass is 10.1. The van der Waals surface area contributed by atoms with Crippen molar-refractivity contribution in [3.05, 3.63) is 84.6 Å². The van der Waals surface area contributed by atoms with Crippen LogP contribution in [0.1, 0.15) is 17.4 Å². The van der Waals surface area contributed by atoms with Gasteiger partial charge in [-0.2, -0.15) is 4.72 Å². The van der Waals surface area contributed by atoms with Gasteiger partial charge in [-0.25, -0.2) is 13.4 Å². The van der Waals surface area contributed by atoms with E-state index in [9.17, 15) is 8.42 Å². The third-order valence-electron chi connectivity index (χ3n) is 4.72. The number of hydrogen-bond donors (Lipinski definition) is 1. The number of rotatable bonds is 6. The van der Waals surface area contributed by atoms with Gasteiger partial charge < -0.3 is 9.30 Å². The van der Waals surface area contributed by atoms with Crippen LogP contribution in [-0.4, -0.2) is 30.1 Å². The number of nitrogens with zero attached hydrogens (tertiary/aromatic N) is 3. The van der Waals surface area contributed by atoms with E-state index in [1.807, 2.05) is 37.4 Å². The van der Waals surface area contributed by atoms with Crippen LogP contribution in [0.2, 0.25) is 0 Å². The van der Waals surface area contributed by atoms with Crippen LogP contribution in [0.3, 0.4) is 0 Å². The molecule has 0 saturated carbocycles. The fourth-order valence-electron chi connectivity index (χ4n) is 3.31. The Morgan fingerprint density at radius 3 is 2.48 bits per heavy atom. The van der Waals surface area contributed by atoms with Crippen molar-refractivity contribution in [2.24, 2.45) is 7.05 Å². The van der Waals surface area contributed by atoms with Crippen LogP contribution in [0.4, 0.5) is 0 Å². The van der Waals surface area contributed by atoms with Crippen LogP contribution in [0.25, 0.3) is 10.9 Å². The first-order valence-corrected chi connectivity index (χ1v) is 10.5. The van der Waals surface area contributed by atoms with Gasteiger partial charge in [0.05, 0.1) is 12.0 Å². The molecule has 0 fully saturated rings. The molecule has 0 aliphatic rings. The van der Waals surface area contributed by atoms with E-state index in [1.165, 1.54) is 13.2 Å². The fourth-order valence-corrected chi connectivity index (χ4v) is 4.69. The average Bonchev–Trinajstić information content (AvgIpc) is 3.17. The number of aryl methyl sites for hydroxylation is 1. The average molecular weight is 408 g/mol. The van der Waals surface area contributed by atoms with Crippen LogP contribution in [0.5, 0.6) is 5.75 Å². The molecule has 148 valence electrons. The molecule has 0 aliphatic carbocycles. The topological polar surface area (TPSA) is 86.1 Å². The Balaban J connectivity index is 1.83. The monoisotopic (exact) mass is 408 g/mol. The van der Waals surface area contributed by atoms with E-state index in [4.69, 9.17) is 4.74 Å². The first kappa shape index (κ1) is 19.1. The van der Waals surface area contributed by atoms with Crippen molar-refractivity contribution >= 4 is 20.9 Å². The largest absolute Gasteiger partial charge is 0.494 e. The molecule has 7 nitrogen and oxygen atoms in total. The maximum atomic E-state index is 13.4. The molecule has 1 atom stereocenters. The molecule has 4 aromatic rings. The van der Waals surface area contributed by atoms with Crippen molar-refractivity contribution in [1.29, 1.82) is 0 Å². The first-order valence-electron chi connectivity index (χ1n) is 8.97. The molecular weight excluding hydrogens is 388 g/mol. The minimum absolute atomic E-state index is 0.136. The number of nitrogens with one attached hydrogen (secondary N) is 1. The predicted molar refractivity (Wildman–Crippen MR) is 110 cm³/mol. The van der Waals surface area contributed by atoms with E-state index in [2.05, 4.69) is 14.7 Å². The first-order chi connectivity index (χ1) is 14.0. The second kappa shape index (κ2) is 7.65. The molecule has 8 heteroatoms. The molecule has 0 bridgehead atoms. The summed E-state index contributed by atoms with van der Waals surface area (Å²) in [4.78, 5) is 8.79. The lowest BCUT2D eigenvalue weighted by molar-refractivity contribution is 0.418. The Hall–Kier alpha value is -3.23. The Bertz CT molecular complexity index is 1250. The molecule has 0 radical (unpaired) electrons. The molecule has 1 unspecified atom stereocenters. The van der Waals surface area contributed by atoms with Gasteiger partial charge in [0.15, 0.2) is 0 Å². The Kier molecular flexibility index (Phi) is 5.04. The van der Waals surface area contributed by atoms with Gasteiger partial charge in [0.25, 0.3) is 0 Å². The summed E-state index contributed by atoms with van der Waals surface area (Å²) in [5.41, 5.74) is 1.28. The zero-order chi connectivity index (χ0) is 20.4. The maximum Gasteiger partial charge on any atom is 0.242 e. The standard InChI is InChI=1S/C21H20N4O3S/c1-25-14-13-23-21(25)19(15-7-4-3-5-8-15)24-29(26,27)18-11-10-17(28-2)20-16(18)9-6-12-22-20/h3-14,19,24H,1-2H3. The van der Waals surface area contributed by atoms with Gasteiger partial charge in [-0.1, -0.05) is 30.3 Å². The number of benzene rings is 2. The number of pyridine rings is 1.